The number of amides is 1. The molecule has 0 aliphatic heterocycles. The Kier molecular flexibility index (Phi) is 6.08. The lowest BCUT2D eigenvalue weighted by Crippen LogP contribution is -2.39. The summed E-state index contributed by atoms with van der Waals surface area (Å²) in [5, 5.41) is 8.90. The van der Waals surface area contributed by atoms with E-state index in [2.05, 4.69) is 26.8 Å². The number of carbonyl (C=O) groups excluding carboxylic acids is 1. The van der Waals surface area contributed by atoms with Crippen LogP contribution in [-0.4, -0.2) is 23.4 Å². The van der Waals surface area contributed by atoms with E-state index in [9.17, 15) is 4.79 Å². The van der Waals surface area contributed by atoms with Gasteiger partial charge in [-0.25, -0.2) is 0 Å². The maximum Gasteiger partial charge on any atom is 0.254 e. The Bertz CT molecular complexity index is 462. The summed E-state index contributed by atoms with van der Waals surface area (Å²) in [7, 11) is 0. The van der Waals surface area contributed by atoms with Gasteiger partial charge in [0.2, 0.25) is 0 Å². The average Bonchev–Trinajstić information content (AvgIpc) is 2.47. The van der Waals surface area contributed by atoms with E-state index < -0.39 is 0 Å². The van der Waals surface area contributed by atoms with Gasteiger partial charge in [-0.3, -0.25) is 4.79 Å². The van der Waals surface area contributed by atoms with Crippen LogP contribution in [0, 0.1) is 11.3 Å². The largest absolute Gasteiger partial charge is 0.336 e. The van der Waals surface area contributed by atoms with Crippen LogP contribution in [0.15, 0.2) is 24.3 Å². The zero-order chi connectivity index (χ0) is 14.3. The summed E-state index contributed by atoms with van der Waals surface area (Å²) >= 11 is 0. The first-order valence-electron chi connectivity index (χ1n) is 6.95. The lowest BCUT2D eigenvalue weighted by Gasteiger charge is -2.28. The molecule has 3 heteroatoms. The standard InChI is InChI=1S/C16H22N2O/c1-4-6-10-18(13(3)5-2)16(19)15-9-7-8-14(11-15)12-17/h7-9,11,13H,4-6,10H2,1-3H3. The predicted octanol–water partition coefficient (Wildman–Crippen LogP) is 3.60. The van der Waals surface area contributed by atoms with Crippen LogP contribution in [0.2, 0.25) is 0 Å². The van der Waals surface area contributed by atoms with Gasteiger partial charge in [-0.1, -0.05) is 26.3 Å². The van der Waals surface area contributed by atoms with Gasteiger partial charge in [-0.2, -0.15) is 5.26 Å². The van der Waals surface area contributed by atoms with E-state index in [-0.39, 0.29) is 11.9 Å². The molecule has 1 amide bonds. The van der Waals surface area contributed by atoms with Gasteiger partial charge in [0, 0.05) is 18.2 Å². The van der Waals surface area contributed by atoms with Gasteiger partial charge in [0.1, 0.15) is 0 Å². The number of unbranched alkanes of at least 4 members (excludes halogenated alkanes) is 1. The summed E-state index contributed by atoms with van der Waals surface area (Å²) in [5.41, 5.74) is 1.14. The molecule has 0 fully saturated rings. The highest BCUT2D eigenvalue weighted by molar-refractivity contribution is 5.94. The van der Waals surface area contributed by atoms with E-state index in [1.165, 1.54) is 0 Å². The van der Waals surface area contributed by atoms with E-state index in [1.54, 1.807) is 24.3 Å². The fourth-order valence-electron chi connectivity index (χ4n) is 1.96. The topological polar surface area (TPSA) is 44.1 Å². The number of rotatable bonds is 6. The van der Waals surface area contributed by atoms with E-state index in [0.29, 0.717) is 11.1 Å². The third kappa shape index (κ3) is 4.10. The van der Waals surface area contributed by atoms with Crippen LogP contribution >= 0.6 is 0 Å². The Morgan fingerprint density at radius 3 is 2.74 bits per heavy atom. The van der Waals surface area contributed by atoms with Crippen LogP contribution in [-0.2, 0) is 0 Å². The molecule has 1 aromatic rings. The molecule has 1 aromatic carbocycles. The number of carbonyl (C=O) groups is 1. The van der Waals surface area contributed by atoms with E-state index in [1.807, 2.05) is 4.90 Å². The number of nitriles is 1. The Labute approximate surface area is 115 Å². The van der Waals surface area contributed by atoms with Crippen LogP contribution in [0.25, 0.3) is 0 Å². The second-order valence-electron chi connectivity index (χ2n) is 4.80. The highest BCUT2D eigenvalue weighted by atomic mass is 16.2. The normalized spacial score (nSPS) is 11.7. The lowest BCUT2D eigenvalue weighted by atomic mass is 10.1. The van der Waals surface area contributed by atoms with Crippen LogP contribution in [0.5, 0.6) is 0 Å². The van der Waals surface area contributed by atoms with Crippen molar-refractivity contribution in [3.8, 4) is 6.07 Å². The minimum absolute atomic E-state index is 0.0277. The minimum atomic E-state index is 0.0277. The molecule has 0 bridgehead atoms. The second kappa shape index (κ2) is 7.58. The third-order valence-corrected chi connectivity index (χ3v) is 3.37. The molecule has 0 N–H and O–H groups in total. The van der Waals surface area contributed by atoms with Gasteiger partial charge < -0.3 is 4.90 Å². The Morgan fingerprint density at radius 1 is 1.42 bits per heavy atom. The van der Waals surface area contributed by atoms with Crippen molar-refractivity contribution in [1.29, 1.82) is 5.26 Å². The van der Waals surface area contributed by atoms with Gasteiger partial charge in [0.15, 0.2) is 0 Å². The van der Waals surface area contributed by atoms with Gasteiger partial charge >= 0.3 is 0 Å². The molecule has 1 atom stereocenters. The van der Waals surface area contributed by atoms with Gasteiger partial charge in [-0.15, -0.1) is 0 Å². The zero-order valence-electron chi connectivity index (χ0n) is 12.0. The molecular weight excluding hydrogens is 236 g/mol. The first-order chi connectivity index (χ1) is 9.13. The summed E-state index contributed by atoms with van der Waals surface area (Å²) in [5.74, 6) is 0.0277. The molecule has 0 saturated heterocycles. The summed E-state index contributed by atoms with van der Waals surface area (Å²) in [4.78, 5) is 14.5. The van der Waals surface area contributed by atoms with Crippen molar-refractivity contribution in [3.63, 3.8) is 0 Å². The maximum atomic E-state index is 12.5. The number of hydrogen-bond donors (Lipinski definition) is 0. The SMILES string of the molecule is CCCCN(C(=O)c1cccc(C#N)c1)C(C)CC. The molecule has 0 saturated carbocycles. The summed E-state index contributed by atoms with van der Waals surface area (Å²) in [6.45, 7) is 7.06. The van der Waals surface area contributed by atoms with Crippen molar-refractivity contribution in [2.45, 2.75) is 46.1 Å². The molecule has 0 aliphatic carbocycles. The van der Waals surface area contributed by atoms with Crippen molar-refractivity contribution in [2.75, 3.05) is 6.54 Å². The fourth-order valence-corrected chi connectivity index (χ4v) is 1.96. The van der Waals surface area contributed by atoms with Crippen molar-refractivity contribution >= 4 is 5.91 Å². The molecular formula is C16H22N2O. The van der Waals surface area contributed by atoms with Gasteiger partial charge in [-0.05, 0) is 38.0 Å². The van der Waals surface area contributed by atoms with E-state index >= 15 is 0 Å². The highest BCUT2D eigenvalue weighted by Gasteiger charge is 2.19. The molecule has 0 aromatic heterocycles. The molecule has 0 radical (unpaired) electrons. The van der Waals surface area contributed by atoms with Crippen LogP contribution in [0.3, 0.4) is 0 Å². The molecule has 19 heavy (non-hydrogen) atoms. The Balaban J connectivity index is 2.94. The first kappa shape index (κ1) is 15.2. The van der Waals surface area contributed by atoms with Gasteiger partial charge in [0.05, 0.1) is 11.6 Å². The summed E-state index contributed by atoms with van der Waals surface area (Å²) in [6.07, 6.45) is 3.01. The van der Waals surface area contributed by atoms with Gasteiger partial charge in [0.25, 0.3) is 5.91 Å². The fraction of sp³-hybridized carbons (Fsp3) is 0.500. The highest BCUT2D eigenvalue weighted by Crippen LogP contribution is 2.13. The van der Waals surface area contributed by atoms with Crippen molar-refractivity contribution in [2.24, 2.45) is 0 Å². The molecule has 0 spiro atoms. The van der Waals surface area contributed by atoms with Crippen LogP contribution < -0.4 is 0 Å². The Morgan fingerprint density at radius 2 is 2.16 bits per heavy atom. The minimum Gasteiger partial charge on any atom is -0.336 e. The molecule has 1 rings (SSSR count). The number of benzene rings is 1. The quantitative estimate of drug-likeness (QED) is 0.782. The van der Waals surface area contributed by atoms with Crippen molar-refractivity contribution in [1.82, 2.24) is 4.90 Å². The summed E-state index contributed by atoms with van der Waals surface area (Å²) in [6, 6.07) is 9.24. The smallest absolute Gasteiger partial charge is 0.254 e. The number of nitrogens with zero attached hydrogens (tertiary/aromatic N) is 2. The van der Waals surface area contributed by atoms with Crippen LogP contribution in [0.1, 0.15) is 56.0 Å². The molecule has 0 aliphatic rings. The molecule has 3 nitrogen and oxygen atoms in total. The zero-order valence-corrected chi connectivity index (χ0v) is 12.0. The number of hydrogen-bond acceptors (Lipinski definition) is 2. The van der Waals surface area contributed by atoms with Crippen LogP contribution in [0.4, 0.5) is 0 Å². The molecule has 102 valence electrons. The average molecular weight is 258 g/mol. The van der Waals surface area contributed by atoms with E-state index in [4.69, 9.17) is 5.26 Å². The molecule has 0 heterocycles. The molecule has 1 unspecified atom stereocenters. The monoisotopic (exact) mass is 258 g/mol. The first-order valence-corrected chi connectivity index (χ1v) is 6.95. The van der Waals surface area contributed by atoms with Crippen molar-refractivity contribution < 1.29 is 4.79 Å². The van der Waals surface area contributed by atoms with Crippen molar-refractivity contribution in [3.05, 3.63) is 35.4 Å². The lowest BCUT2D eigenvalue weighted by molar-refractivity contribution is 0.0685. The second-order valence-corrected chi connectivity index (χ2v) is 4.80. The Hall–Kier alpha value is -1.82. The maximum absolute atomic E-state index is 12.5. The predicted molar refractivity (Wildman–Crippen MR) is 76.9 cm³/mol. The summed E-state index contributed by atoms with van der Waals surface area (Å²) < 4.78 is 0. The third-order valence-electron chi connectivity index (χ3n) is 3.37. The van der Waals surface area contributed by atoms with E-state index in [0.717, 1.165) is 25.8 Å².